The van der Waals surface area contributed by atoms with Crippen molar-refractivity contribution in [3.8, 4) is 22.7 Å². The second-order valence-electron chi connectivity index (χ2n) is 7.12. The van der Waals surface area contributed by atoms with Crippen molar-refractivity contribution in [1.29, 1.82) is 0 Å². The predicted molar refractivity (Wildman–Crippen MR) is 115 cm³/mol. The van der Waals surface area contributed by atoms with Crippen LogP contribution in [0.4, 0.5) is 5.69 Å². The molecule has 5 rings (SSSR count). The summed E-state index contributed by atoms with van der Waals surface area (Å²) in [4.78, 5) is 20.3. The van der Waals surface area contributed by atoms with Gasteiger partial charge in [-0.25, -0.2) is 9.97 Å². The van der Waals surface area contributed by atoms with Crippen molar-refractivity contribution >= 4 is 22.6 Å². The van der Waals surface area contributed by atoms with Crippen molar-refractivity contribution in [2.24, 2.45) is 0 Å². The van der Waals surface area contributed by atoms with Crippen LogP contribution in [0.1, 0.15) is 12.7 Å². The first-order valence-electron chi connectivity index (χ1n) is 9.52. The topological polar surface area (TPSA) is 77.9 Å². The van der Waals surface area contributed by atoms with Gasteiger partial charge in [0.2, 0.25) is 5.91 Å². The molecule has 30 heavy (non-hydrogen) atoms. The van der Waals surface area contributed by atoms with Gasteiger partial charge in [0.15, 0.2) is 0 Å². The molecule has 0 saturated carbocycles. The van der Waals surface area contributed by atoms with Crippen LogP contribution in [0.2, 0.25) is 0 Å². The third-order valence-corrected chi connectivity index (χ3v) is 4.87. The van der Waals surface area contributed by atoms with E-state index in [2.05, 4.69) is 15.3 Å². The number of hydrogen-bond acceptors (Lipinski definition) is 4. The largest absolute Gasteiger partial charge is 0.461 e. The van der Waals surface area contributed by atoms with Crippen molar-refractivity contribution in [1.82, 2.24) is 19.1 Å². The molecule has 7 heteroatoms. The maximum Gasteiger partial charge on any atom is 0.221 e. The van der Waals surface area contributed by atoms with E-state index in [1.54, 1.807) is 18.9 Å². The Labute approximate surface area is 172 Å². The van der Waals surface area contributed by atoms with E-state index in [0.29, 0.717) is 5.69 Å². The van der Waals surface area contributed by atoms with Crippen molar-refractivity contribution in [2.45, 2.75) is 13.8 Å². The molecule has 0 unspecified atom stereocenters. The third kappa shape index (κ3) is 3.26. The minimum atomic E-state index is -0.130. The Morgan fingerprint density at radius 2 is 1.93 bits per heavy atom. The molecule has 5 aromatic rings. The summed E-state index contributed by atoms with van der Waals surface area (Å²) in [5.74, 6) is 1.44. The Hall–Kier alpha value is -4.13. The van der Waals surface area contributed by atoms with Gasteiger partial charge in [-0.1, -0.05) is 0 Å². The van der Waals surface area contributed by atoms with Crippen molar-refractivity contribution in [2.75, 3.05) is 5.32 Å². The molecule has 0 bridgehead atoms. The Morgan fingerprint density at radius 3 is 2.67 bits per heavy atom. The molecular formula is C23H19N5O2. The summed E-state index contributed by atoms with van der Waals surface area (Å²) in [7, 11) is 0. The van der Waals surface area contributed by atoms with Crippen molar-refractivity contribution < 1.29 is 9.21 Å². The fourth-order valence-corrected chi connectivity index (χ4v) is 3.54. The first kappa shape index (κ1) is 17.9. The third-order valence-electron chi connectivity index (χ3n) is 4.87. The van der Waals surface area contributed by atoms with Gasteiger partial charge < -0.3 is 14.3 Å². The van der Waals surface area contributed by atoms with Crippen LogP contribution in [-0.2, 0) is 4.79 Å². The predicted octanol–water partition coefficient (Wildman–Crippen LogP) is 4.74. The van der Waals surface area contributed by atoms with Gasteiger partial charge in [0, 0.05) is 41.9 Å². The fourth-order valence-electron chi connectivity index (χ4n) is 3.54. The number of anilines is 1. The van der Waals surface area contributed by atoms with E-state index in [1.165, 1.54) is 6.92 Å². The highest BCUT2D eigenvalue weighted by Crippen LogP contribution is 2.30. The number of imidazole rings is 2. The van der Waals surface area contributed by atoms with Crippen LogP contribution < -0.4 is 5.32 Å². The quantitative estimate of drug-likeness (QED) is 0.475. The molecule has 0 aliphatic carbocycles. The Morgan fingerprint density at radius 1 is 1.03 bits per heavy atom. The van der Waals surface area contributed by atoms with Crippen LogP contribution in [0.15, 0.2) is 78.0 Å². The highest BCUT2D eigenvalue weighted by atomic mass is 16.3. The second-order valence-corrected chi connectivity index (χ2v) is 7.12. The normalized spacial score (nSPS) is 11.1. The van der Waals surface area contributed by atoms with E-state index in [-0.39, 0.29) is 5.91 Å². The number of nitrogens with zero attached hydrogens (tertiary/aromatic N) is 4. The first-order valence-corrected chi connectivity index (χ1v) is 9.52. The van der Waals surface area contributed by atoms with Gasteiger partial charge in [0.05, 0.1) is 17.4 Å². The number of furan rings is 1. The summed E-state index contributed by atoms with van der Waals surface area (Å²) >= 11 is 0. The molecule has 1 amide bonds. The van der Waals surface area contributed by atoms with E-state index in [0.717, 1.165) is 39.5 Å². The number of amides is 1. The highest BCUT2D eigenvalue weighted by molar-refractivity contribution is 5.90. The number of aryl methyl sites for hydroxylation is 1. The number of aromatic nitrogens is 4. The smallest absolute Gasteiger partial charge is 0.221 e. The molecule has 0 aliphatic heterocycles. The average Bonchev–Trinajstić information content (AvgIpc) is 3.47. The van der Waals surface area contributed by atoms with E-state index >= 15 is 0 Å². The summed E-state index contributed by atoms with van der Waals surface area (Å²) in [6.07, 6.45) is 7.18. The number of nitrogens with one attached hydrogen (secondary N) is 1. The highest BCUT2D eigenvalue weighted by Gasteiger charge is 2.12. The standard InChI is InChI=1S/C23H19N5O2/c1-15-3-6-23(30-15)17-9-18(26-16(2)29)11-20(10-17)28-14-25-21-12-19(4-5-22(21)28)27-8-7-24-13-27/h3-14H,1-2H3,(H,26,29). The molecule has 148 valence electrons. The number of carbonyl (C=O) groups is 1. The number of carbonyl (C=O) groups excluding carboxylic acids is 1. The molecule has 0 fully saturated rings. The molecule has 3 aromatic heterocycles. The Kier molecular flexibility index (Phi) is 4.21. The Bertz CT molecular complexity index is 1360. The van der Waals surface area contributed by atoms with E-state index < -0.39 is 0 Å². The van der Waals surface area contributed by atoms with Crippen LogP contribution in [0.3, 0.4) is 0 Å². The van der Waals surface area contributed by atoms with Gasteiger partial charge in [-0.15, -0.1) is 0 Å². The van der Waals surface area contributed by atoms with Gasteiger partial charge in [0.1, 0.15) is 17.8 Å². The molecule has 0 aliphatic rings. The average molecular weight is 397 g/mol. The lowest BCUT2D eigenvalue weighted by Gasteiger charge is -2.11. The lowest BCUT2D eigenvalue weighted by atomic mass is 10.1. The zero-order chi connectivity index (χ0) is 20.7. The summed E-state index contributed by atoms with van der Waals surface area (Å²) in [5, 5.41) is 2.88. The monoisotopic (exact) mass is 397 g/mol. The van der Waals surface area contributed by atoms with Crippen LogP contribution in [0.5, 0.6) is 0 Å². The summed E-state index contributed by atoms with van der Waals surface area (Å²) in [5.41, 5.74) is 5.26. The minimum absolute atomic E-state index is 0.130. The molecule has 0 radical (unpaired) electrons. The summed E-state index contributed by atoms with van der Waals surface area (Å²) in [6, 6.07) is 15.8. The molecule has 1 N–H and O–H groups in total. The van der Waals surface area contributed by atoms with Crippen LogP contribution in [-0.4, -0.2) is 25.0 Å². The maximum atomic E-state index is 11.7. The van der Waals surface area contributed by atoms with Crippen molar-refractivity contribution in [3.05, 3.63) is 79.3 Å². The van der Waals surface area contributed by atoms with E-state index in [9.17, 15) is 4.79 Å². The van der Waals surface area contributed by atoms with E-state index in [1.807, 2.05) is 70.8 Å². The molecule has 0 saturated heterocycles. The molecule has 0 spiro atoms. The van der Waals surface area contributed by atoms with Gasteiger partial charge in [-0.2, -0.15) is 0 Å². The van der Waals surface area contributed by atoms with Gasteiger partial charge in [0.25, 0.3) is 0 Å². The van der Waals surface area contributed by atoms with Gasteiger partial charge in [-0.3, -0.25) is 9.36 Å². The summed E-state index contributed by atoms with van der Waals surface area (Å²) < 4.78 is 9.74. The molecule has 2 aromatic carbocycles. The molecular weight excluding hydrogens is 378 g/mol. The summed E-state index contributed by atoms with van der Waals surface area (Å²) in [6.45, 7) is 3.40. The zero-order valence-electron chi connectivity index (χ0n) is 16.5. The van der Waals surface area contributed by atoms with Crippen LogP contribution in [0.25, 0.3) is 33.7 Å². The maximum absolute atomic E-state index is 11.7. The van der Waals surface area contributed by atoms with Crippen molar-refractivity contribution in [3.63, 3.8) is 0 Å². The van der Waals surface area contributed by atoms with Gasteiger partial charge >= 0.3 is 0 Å². The minimum Gasteiger partial charge on any atom is -0.461 e. The fraction of sp³-hybridized carbons (Fsp3) is 0.0870. The zero-order valence-corrected chi connectivity index (χ0v) is 16.5. The first-order chi connectivity index (χ1) is 14.6. The number of hydrogen-bond donors (Lipinski definition) is 1. The molecule has 7 nitrogen and oxygen atoms in total. The number of fused-ring (bicyclic) bond motifs is 1. The second kappa shape index (κ2) is 7.04. The SMILES string of the molecule is CC(=O)Nc1cc(-c2ccc(C)o2)cc(-n2cnc3cc(-n4ccnc4)ccc32)c1. The Balaban J connectivity index is 1.63. The lowest BCUT2D eigenvalue weighted by molar-refractivity contribution is -0.114. The number of rotatable bonds is 4. The van der Waals surface area contributed by atoms with Crippen LogP contribution >= 0.6 is 0 Å². The van der Waals surface area contributed by atoms with E-state index in [4.69, 9.17) is 4.42 Å². The number of benzene rings is 2. The molecule has 3 heterocycles. The van der Waals surface area contributed by atoms with Gasteiger partial charge in [-0.05, 0) is 55.5 Å². The molecule has 0 atom stereocenters. The van der Waals surface area contributed by atoms with Crippen LogP contribution in [0, 0.1) is 6.92 Å². The lowest BCUT2D eigenvalue weighted by Crippen LogP contribution is -2.06.